The highest BCUT2D eigenvalue weighted by Gasteiger charge is 2.63. The molecule has 0 N–H and O–H groups in total. The average molecular weight is 919 g/mol. The number of halogens is 1. The molecule has 0 spiro atoms. The SMILES string of the molecule is Brc1cccc(-c2cccc(-c3ccccc3)c2)c1.CC1(C)OB(B2OC(C)(C)C(C)(C)O2)OC1(C)C.CC1(C)OB(c2cccc(-c3cccc(-c4ccccc4)c3)c2)OC1(C)C. The van der Waals surface area contributed by atoms with Crippen LogP contribution >= 0.6 is 15.9 Å². The second-order valence-electron chi connectivity index (χ2n) is 19.9. The molecule has 3 fully saturated rings. The highest BCUT2D eigenvalue weighted by molar-refractivity contribution is 9.10. The Labute approximate surface area is 391 Å². The first kappa shape index (κ1) is 47.7. The molecule has 0 saturated carbocycles. The fourth-order valence-electron chi connectivity index (χ4n) is 7.53. The summed E-state index contributed by atoms with van der Waals surface area (Å²) < 4.78 is 37.4. The molecular weight excluding hydrogens is 857 g/mol. The van der Waals surface area contributed by atoms with Crippen molar-refractivity contribution in [2.45, 2.75) is 117 Å². The highest BCUT2D eigenvalue weighted by Crippen LogP contribution is 2.43. The van der Waals surface area contributed by atoms with Crippen molar-refractivity contribution in [1.82, 2.24) is 0 Å². The lowest BCUT2D eigenvalue weighted by Gasteiger charge is -2.32. The largest absolute Gasteiger partial charge is 0.494 e. The van der Waals surface area contributed by atoms with E-state index in [2.05, 4.69) is 183 Å². The minimum absolute atomic E-state index is 0.332. The van der Waals surface area contributed by atoms with Gasteiger partial charge in [0.15, 0.2) is 0 Å². The number of hydrogen-bond donors (Lipinski definition) is 0. The molecule has 3 aliphatic rings. The van der Waals surface area contributed by atoms with Gasteiger partial charge in [0.2, 0.25) is 0 Å². The molecule has 10 heteroatoms. The molecule has 0 aliphatic carbocycles. The second-order valence-corrected chi connectivity index (χ2v) is 20.8. The third-order valence-corrected chi connectivity index (χ3v) is 14.1. The monoisotopic (exact) mass is 918 g/mol. The zero-order valence-electron chi connectivity index (χ0n) is 39.6. The summed E-state index contributed by atoms with van der Waals surface area (Å²) in [6.07, 6.45) is 0. The summed E-state index contributed by atoms with van der Waals surface area (Å²) in [6.45, 7) is 24.5. The Kier molecular flexibility index (Phi) is 13.8. The molecule has 3 heterocycles. The van der Waals surface area contributed by atoms with Gasteiger partial charge in [-0.1, -0.05) is 149 Å². The lowest BCUT2D eigenvalue weighted by Crippen LogP contribution is -2.41. The summed E-state index contributed by atoms with van der Waals surface area (Å²) in [7, 11) is -1.29. The Morgan fingerprint density at radius 1 is 0.297 bits per heavy atom. The molecule has 0 aromatic heterocycles. The third kappa shape index (κ3) is 10.6. The van der Waals surface area contributed by atoms with Crippen LogP contribution < -0.4 is 5.46 Å². The van der Waals surface area contributed by atoms with Crippen molar-refractivity contribution in [3.63, 3.8) is 0 Å². The average Bonchev–Trinajstić information content (AvgIpc) is 3.74. The zero-order chi connectivity index (χ0) is 46.1. The van der Waals surface area contributed by atoms with Crippen molar-refractivity contribution in [2.75, 3.05) is 0 Å². The minimum atomic E-state index is -0.476. The maximum absolute atomic E-state index is 6.21. The van der Waals surface area contributed by atoms with Gasteiger partial charge in [-0.25, -0.2) is 0 Å². The summed E-state index contributed by atoms with van der Waals surface area (Å²) in [5, 5.41) is 0. The summed E-state index contributed by atoms with van der Waals surface area (Å²) in [5.41, 5.74) is 8.71. The van der Waals surface area contributed by atoms with Crippen LogP contribution in [0.15, 0.2) is 162 Å². The van der Waals surface area contributed by atoms with Crippen LogP contribution in [0.2, 0.25) is 0 Å². The smallest absolute Gasteiger partial charge is 0.405 e. The van der Waals surface area contributed by atoms with Crippen LogP contribution in [0, 0.1) is 0 Å². The summed E-state index contributed by atoms with van der Waals surface area (Å²) in [6, 6.07) is 55.1. The first-order chi connectivity index (χ1) is 30.1. The quantitative estimate of drug-likeness (QED) is 0.155. The molecule has 0 bridgehead atoms. The Morgan fingerprint density at radius 3 is 0.953 bits per heavy atom. The van der Waals surface area contributed by atoms with Crippen LogP contribution in [0.5, 0.6) is 0 Å². The molecule has 330 valence electrons. The van der Waals surface area contributed by atoms with Crippen LogP contribution in [-0.2, 0) is 27.9 Å². The zero-order valence-corrected chi connectivity index (χ0v) is 41.2. The highest BCUT2D eigenvalue weighted by atomic mass is 79.9. The third-order valence-electron chi connectivity index (χ3n) is 13.6. The van der Waals surface area contributed by atoms with Crippen molar-refractivity contribution in [1.29, 1.82) is 0 Å². The van der Waals surface area contributed by atoms with Gasteiger partial charge in [0.1, 0.15) is 0 Å². The summed E-state index contributed by atoms with van der Waals surface area (Å²) >= 11 is 3.52. The Morgan fingerprint density at radius 2 is 0.578 bits per heavy atom. The number of hydrogen-bond acceptors (Lipinski definition) is 6. The molecule has 64 heavy (non-hydrogen) atoms. The van der Waals surface area contributed by atoms with Crippen LogP contribution in [0.1, 0.15) is 83.1 Å². The van der Waals surface area contributed by atoms with Gasteiger partial charge in [0, 0.05) is 4.47 Å². The molecule has 0 atom stereocenters. The van der Waals surface area contributed by atoms with E-state index in [1.54, 1.807) is 0 Å². The predicted molar refractivity (Wildman–Crippen MR) is 270 cm³/mol. The molecule has 3 saturated heterocycles. The van der Waals surface area contributed by atoms with Gasteiger partial charge >= 0.3 is 21.1 Å². The standard InChI is InChI=1S/C24H25BO2.C18H13Br.C12H24B2O4/c1-23(2)24(3,4)27-25(26-23)22-15-9-14-21(17-22)20-13-8-12-19(16-20)18-10-6-5-7-11-18;19-18-11-5-10-17(13-18)16-9-4-8-15(12-16)14-6-2-1-3-7-14;1-9(2)10(3,4)16-13(15-9)14-17-11(5,6)12(7,8)18-14/h5-17H,1-4H3;1-13H;1-8H3. The van der Waals surface area contributed by atoms with Gasteiger partial charge in [-0.2, -0.15) is 0 Å². The van der Waals surface area contributed by atoms with Crippen LogP contribution in [0.25, 0.3) is 44.5 Å². The van der Waals surface area contributed by atoms with Crippen LogP contribution in [-0.4, -0.2) is 54.7 Å². The van der Waals surface area contributed by atoms with E-state index in [-0.39, 0.29) is 40.7 Å². The first-order valence-corrected chi connectivity index (χ1v) is 23.1. The van der Waals surface area contributed by atoms with Gasteiger partial charge in [0.05, 0.1) is 33.6 Å². The van der Waals surface area contributed by atoms with E-state index in [0.29, 0.717) is 0 Å². The predicted octanol–water partition coefficient (Wildman–Crippen LogP) is 13.4. The molecule has 6 nitrogen and oxygen atoms in total. The Bertz CT molecular complexity index is 2440. The fourth-order valence-corrected chi connectivity index (χ4v) is 7.93. The molecule has 0 unspecified atom stereocenters. The van der Waals surface area contributed by atoms with Crippen molar-refractivity contribution < 1.29 is 27.9 Å². The molecular formula is C54H62B3BrO6. The summed E-state index contributed by atoms with van der Waals surface area (Å²) in [5.74, 6) is 0. The minimum Gasteiger partial charge on any atom is -0.405 e. The maximum atomic E-state index is 6.21. The van der Waals surface area contributed by atoms with Crippen molar-refractivity contribution >= 4 is 42.5 Å². The van der Waals surface area contributed by atoms with E-state index < -0.39 is 14.0 Å². The van der Waals surface area contributed by atoms with E-state index >= 15 is 0 Å². The van der Waals surface area contributed by atoms with Crippen molar-refractivity contribution in [2.24, 2.45) is 0 Å². The number of benzene rings is 6. The van der Waals surface area contributed by atoms with E-state index in [9.17, 15) is 0 Å². The molecule has 6 aromatic rings. The van der Waals surface area contributed by atoms with Crippen molar-refractivity contribution in [3.05, 3.63) is 162 Å². The summed E-state index contributed by atoms with van der Waals surface area (Å²) in [4.78, 5) is 0. The van der Waals surface area contributed by atoms with Gasteiger partial charge in [-0.05, 0) is 157 Å². The molecule has 0 amide bonds. The number of rotatable bonds is 6. The molecule has 0 radical (unpaired) electrons. The lowest BCUT2D eigenvalue weighted by atomic mass is 9.49. The van der Waals surface area contributed by atoms with Crippen LogP contribution in [0.4, 0.5) is 0 Å². The Balaban J connectivity index is 0.000000148. The van der Waals surface area contributed by atoms with E-state index in [4.69, 9.17) is 27.9 Å². The van der Waals surface area contributed by atoms with E-state index in [1.807, 2.05) is 73.6 Å². The van der Waals surface area contributed by atoms with Gasteiger partial charge in [-0.3, -0.25) is 0 Å². The lowest BCUT2D eigenvalue weighted by molar-refractivity contribution is 0.00578. The van der Waals surface area contributed by atoms with Crippen molar-refractivity contribution in [3.8, 4) is 44.5 Å². The Hall–Kier alpha value is -4.25. The molecule has 9 rings (SSSR count). The van der Waals surface area contributed by atoms with Gasteiger partial charge in [-0.15, -0.1) is 0 Å². The molecule has 3 aliphatic heterocycles. The topological polar surface area (TPSA) is 55.4 Å². The second kappa shape index (κ2) is 18.6. The van der Waals surface area contributed by atoms with Gasteiger partial charge < -0.3 is 27.9 Å². The fraction of sp³-hybridized carbons (Fsp3) is 0.333. The van der Waals surface area contributed by atoms with E-state index in [0.717, 1.165) is 9.94 Å². The maximum Gasteiger partial charge on any atom is 0.494 e. The van der Waals surface area contributed by atoms with Crippen LogP contribution in [0.3, 0.4) is 0 Å². The molecule has 6 aromatic carbocycles. The normalized spacial score (nSPS) is 19.6. The first-order valence-electron chi connectivity index (χ1n) is 22.3. The van der Waals surface area contributed by atoms with E-state index in [1.165, 1.54) is 44.5 Å². The van der Waals surface area contributed by atoms with Gasteiger partial charge in [0.25, 0.3) is 0 Å².